The molecule has 0 bridgehead atoms. The number of carbonyl (C=O) groups is 1. The summed E-state index contributed by atoms with van der Waals surface area (Å²) in [5.74, 6) is -1.27. The van der Waals surface area contributed by atoms with Crippen LogP contribution in [0.1, 0.15) is 18.9 Å². The topological polar surface area (TPSA) is 72.5 Å². The normalized spacial score (nSPS) is 14.7. The van der Waals surface area contributed by atoms with Crippen molar-refractivity contribution >= 4 is 17.6 Å². The van der Waals surface area contributed by atoms with Gasteiger partial charge in [0, 0.05) is 23.7 Å². The van der Waals surface area contributed by atoms with E-state index in [9.17, 15) is 14.3 Å². The van der Waals surface area contributed by atoms with Crippen molar-refractivity contribution in [3.05, 3.63) is 58.9 Å². The highest BCUT2D eigenvalue weighted by Crippen LogP contribution is 2.28. The molecular formula is C20H23ClFNO3. The fourth-order valence-electron chi connectivity index (χ4n) is 3.02. The van der Waals surface area contributed by atoms with Crippen LogP contribution in [-0.2, 0) is 16.0 Å². The lowest BCUT2D eigenvalue weighted by Gasteiger charge is -2.27. The van der Waals surface area contributed by atoms with Gasteiger partial charge in [-0.05, 0) is 49.1 Å². The zero-order chi connectivity index (χ0) is 19.3. The Hall–Kier alpha value is -1.95. The van der Waals surface area contributed by atoms with E-state index in [-0.39, 0.29) is 18.5 Å². The van der Waals surface area contributed by atoms with Gasteiger partial charge in [0.1, 0.15) is 5.82 Å². The van der Waals surface area contributed by atoms with Crippen molar-refractivity contribution < 1.29 is 19.0 Å². The van der Waals surface area contributed by atoms with Crippen molar-refractivity contribution in [2.24, 2.45) is 11.1 Å². The number of carboxylic acid groups (broad SMARTS) is 1. The van der Waals surface area contributed by atoms with Gasteiger partial charge in [0.05, 0.1) is 12.0 Å². The van der Waals surface area contributed by atoms with E-state index in [1.165, 1.54) is 19.2 Å². The molecule has 26 heavy (non-hydrogen) atoms. The SMILES string of the molecule is COC[C@](C)(C[C@H](N)Cc1ccc(-c2cc(Cl)ccc2F)cc1)C(=O)O. The van der Waals surface area contributed by atoms with Crippen LogP contribution in [0.25, 0.3) is 11.1 Å². The average Bonchev–Trinajstić information content (AvgIpc) is 2.57. The summed E-state index contributed by atoms with van der Waals surface area (Å²) in [4.78, 5) is 11.5. The number of aliphatic carboxylic acids is 1. The molecule has 0 aromatic heterocycles. The fourth-order valence-corrected chi connectivity index (χ4v) is 3.19. The molecule has 0 amide bonds. The summed E-state index contributed by atoms with van der Waals surface area (Å²) in [5.41, 5.74) is 7.24. The molecule has 0 unspecified atom stereocenters. The van der Waals surface area contributed by atoms with Crippen LogP contribution >= 0.6 is 11.6 Å². The van der Waals surface area contributed by atoms with Gasteiger partial charge in [0.25, 0.3) is 0 Å². The maximum absolute atomic E-state index is 14.0. The molecule has 0 radical (unpaired) electrons. The molecule has 0 saturated carbocycles. The summed E-state index contributed by atoms with van der Waals surface area (Å²) in [6, 6.07) is 11.4. The number of benzene rings is 2. The molecule has 0 heterocycles. The molecule has 6 heteroatoms. The Kier molecular flexibility index (Phi) is 6.75. The molecule has 0 saturated heterocycles. The second-order valence-electron chi connectivity index (χ2n) is 6.79. The molecule has 140 valence electrons. The minimum absolute atomic E-state index is 0.100. The number of nitrogens with two attached hydrogens (primary N) is 1. The summed E-state index contributed by atoms with van der Waals surface area (Å²) in [7, 11) is 1.47. The van der Waals surface area contributed by atoms with Crippen LogP contribution in [0.5, 0.6) is 0 Å². The number of hydrogen-bond acceptors (Lipinski definition) is 3. The lowest BCUT2D eigenvalue weighted by Crippen LogP contribution is -2.39. The summed E-state index contributed by atoms with van der Waals surface area (Å²) in [5, 5.41) is 9.88. The second-order valence-corrected chi connectivity index (χ2v) is 7.22. The number of hydrogen-bond donors (Lipinski definition) is 2. The van der Waals surface area contributed by atoms with Gasteiger partial charge in [-0.25, -0.2) is 4.39 Å². The maximum atomic E-state index is 14.0. The summed E-state index contributed by atoms with van der Waals surface area (Å²) >= 11 is 5.94. The van der Waals surface area contributed by atoms with Crippen molar-refractivity contribution in [2.75, 3.05) is 13.7 Å². The van der Waals surface area contributed by atoms with Gasteiger partial charge in [0.15, 0.2) is 0 Å². The zero-order valence-corrected chi connectivity index (χ0v) is 15.6. The first kappa shape index (κ1) is 20.4. The van der Waals surface area contributed by atoms with Crippen LogP contribution in [-0.4, -0.2) is 30.8 Å². The van der Waals surface area contributed by atoms with E-state index in [1.807, 2.05) is 24.3 Å². The fraction of sp³-hybridized carbons (Fsp3) is 0.350. The first-order valence-electron chi connectivity index (χ1n) is 8.27. The maximum Gasteiger partial charge on any atom is 0.311 e. The second kappa shape index (κ2) is 8.62. The third kappa shape index (κ3) is 5.04. The largest absolute Gasteiger partial charge is 0.481 e. The monoisotopic (exact) mass is 379 g/mol. The standard InChI is InChI=1S/C20H23ClFNO3/c1-20(12-26-2,19(24)25)11-16(23)9-13-3-5-14(6-4-13)17-10-15(21)7-8-18(17)22/h3-8,10,16H,9,11-12,23H2,1-2H3,(H,24,25)/t16-,20+/m1/s1. The quantitative estimate of drug-likeness (QED) is 0.722. The average molecular weight is 380 g/mol. The smallest absolute Gasteiger partial charge is 0.311 e. The number of halogens is 2. The van der Waals surface area contributed by atoms with Crippen molar-refractivity contribution in [3.8, 4) is 11.1 Å². The van der Waals surface area contributed by atoms with Crippen LogP contribution in [0.2, 0.25) is 5.02 Å². The molecule has 4 nitrogen and oxygen atoms in total. The molecule has 2 rings (SSSR count). The molecule has 2 atom stereocenters. The minimum atomic E-state index is -1.03. The first-order chi connectivity index (χ1) is 12.2. The molecular weight excluding hydrogens is 357 g/mol. The Morgan fingerprint density at radius 1 is 1.31 bits per heavy atom. The third-order valence-electron chi connectivity index (χ3n) is 4.38. The van der Waals surface area contributed by atoms with E-state index >= 15 is 0 Å². The van der Waals surface area contributed by atoms with Gasteiger partial charge in [-0.2, -0.15) is 0 Å². The molecule has 0 aliphatic carbocycles. The summed E-state index contributed by atoms with van der Waals surface area (Å²) in [6.07, 6.45) is 0.811. The van der Waals surface area contributed by atoms with Gasteiger partial charge in [0.2, 0.25) is 0 Å². The predicted molar refractivity (Wildman–Crippen MR) is 101 cm³/mol. The van der Waals surface area contributed by atoms with Crippen LogP contribution in [0, 0.1) is 11.2 Å². The molecule has 2 aromatic carbocycles. The molecule has 0 spiro atoms. The van der Waals surface area contributed by atoms with Gasteiger partial charge in [-0.1, -0.05) is 35.9 Å². The first-order valence-corrected chi connectivity index (χ1v) is 8.65. The van der Waals surface area contributed by atoms with Gasteiger partial charge in [-0.15, -0.1) is 0 Å². The lowest BCUT2D eigenvalue weighted by molar-refractivity contribution is -0.151. The number of rotatable bonds is 8. The van der Waals surface area contributed by atoms with Gasteiger partial charge >= 0.3 is 5.97 Å². The zero-order valence-electron chi connectivity index (χ0n) is 14.8. The number of carboxylic acids is 1. The van der Waals surface area contributed by atoms with Gasteiger partial charge < -0.3 is 15.6 Å². The minimum Gasteiger partial charge on any atom is -0.481 e. The molecule has 3 N–H and O–H groups in total. The molecule has 0 aliphatic heterocycles. The Morgan fingerprint density at radius 2 is 1.96 bits per heavy atom. The van der Waals surface area contributed by atoms with Crippen molar-refractivity contribution in [2.45, 2.75) is 25.8 Å². The van der Waals surface area contributed by atoms with E-state index in [4.69, 9.17) is 22.1 Å². The Bertz CT molecular complexity index is 766. The van der Waals surface area contributed by atoms with Crippen molar-refractivity contribution in [3.63, 3.8) is 0 Å². The van der Waals surface area contributed by atoms with E-state index in [0.717, 1.165) is 11.1 Å². The Morgan fingerprint density at radius 3 is 2.54 bits per heavy atom. The number of methoxy groups -OCH3 is 1. The van der Waals surface area contributed by atoms with Crippen LogP contribution in [0.15, 0.2) is 42.5 Å². The number of ether oxygens (including phenoxy) is 1. The van der Waals surface area contributed by atoms with E-state index in [2.05, 4.69) is 0 Å². The van der Waals surface area contributed by atoms with Crippen LogP contribution < -0.4 is 5.73 Å². The van der Waals surface area contributed by atoms with E-state index in [1.54, 1.807) is 13.0 Å². The predicted octanol–water partition coefficient (Wildman–Crippen LogP) is 4.14. The highest BCUT2D eigenvalue weighted by atomic mass is 35.5. The molecule has 2 aromatic rings. The highest BCUT2D eigenvalue weighted by Gasteiger charge is 2.35. The summed E-state index contributed by atoms with van der Waals surface area (Å²) in [6.45, 7) is 1.73. The van der Waals surface area contributed by atoms with Crippen molar-refractivity contribution in [1.82, 2.24) is 0 Å². The Balaban J connectivity index is 2.09. The van der Waals surface area contributed by atoms with Crippen LogP contribution in [0.3, 0.4) is 0 Å². The molecule has 0 aliphatic rings. The van der Waals surface area contributed by atoms with E-state index in [0.29, 0.717) is 23.4 Å². The van der Waals surface area contributed by atoms with Gasteiger partial charge in [-0.3, -0.25) is 4.79 Å². The summed E-state index contributed by atoms with van der Waals surface area (Å²) < 4.78 is 19.0. The van der Waals surface area contributed by atoms with Crippen molar-refractivity contribution in [1.29, 1.82) is 0 Å². The Labute approximate surface area is 157 Å². The van der Waals surface area contributed by atoms with E-state index < -0.39 is 11.4 Å². The molecule has 0 fully saturated rings. The highest BCUT2D eigenvalue weighted by molar-refractivity contribution is 6.30. The van der Waals surface area contributed by atoms with Crippen LogP contribution in [0.4, 0.5) is 4.39 Å². The third-order valence-corrected chi connectivity index (χ3v) is 4.62. The lowest BCUT2D eigenvalue weighted by atomic mass is 9.83.